The normalized spacial score (nSPS) is 14.7. The first-order chi connectivity index (χ1) is 16.7. The zero-order valence-electron chi connectivity index (χ0n) is 18.9. The van der Waals surface area contributed by atoms with E-state index in [-0.39, 0.29) is 11.7 Å². The maximum absolute atomic E-state index is 14.5. The van der Waals surface area contributed by atoms with Crippen LogP contribution in [0.2, 0.25) is 0 Å². The average molecular weight is 452 g/mol. The quantitative estimate of drug-likeness (QED) is 0.401. The number of hydrogen-bond acceptors (Lipinski definition) is 3. The summed E-state index contributed by atoms with van der Waals surface area (Å²) >= 11 is 0. The lowest BCUT2D eigenvalue weighted by atomic mass is 10.0. The summed E-state index contributed by atoms with van der Waals surface area (Å²) in [6.45, 7) is 3.79. The molecule has 1 aliphatic rings. The zero-order valence-corrected chi connectivity index (χ0v) is 18.9. The van der Waals surface area contributed by atoms with Gasteiger partial charge in [-0.2, -0.15) is 0 Å². The van der Waals surface area contributed by atoms with Crippen LogP contribution in [0.3, 0.4) is 0 Å². The van der Waals surface area contributed by atoms with Crippen molar-refractivity contribution in [3.8, 4) is 11.3 Å². The van der Waals surface area contributed by atoms with Crippen LogP contribution in [0.25, 0.3) is 28.2 Å². The molecule has 1 aromatic heterocycles. The Morgan fingerprint density at radius 2 is 1.59 bits per heavy atom. The van der Waals surface area contributed by atoms with Gasteiger partial charge in [-0.3, -0.25) is 9.69 Å². The molecule has 4 aromatic rings. The number of halogens is 1. The molecule has 0 N–H and O–H groups in total. The van der Waals surface area contributed by atoms with Crippen molar-refractivity contribution in [2.75, 3.05) is 32.7 Å². The van der Waals surface area contributed by atoms with Crippen LogP contribution in [0.15, 0.2) is 91.0 Å². The molecule has 1 aliphatic heterocycles. The zero-order chi connectivity index (χ0) is 23.3. The van der Waals surface area contributed by atoms with E-state index in [1.807, 2.05) is 47.4 Å². The molecule has 0 bridgehead atoms. The molecular formula is C29H26FN3O. The lowest BCUT2D eigenvalue weighted by Crippen LogP contribution is -2.48. The lowest BCUT2D eigenvalue weighted by molar-refractivity contribution is 0.0652. The summed E-state index contributed by atoms with van der Waals surface area (Å²) in [5, 5.41) is 0.792. The number of fused-ring (bicyclic) bond motifs is 1. The van der Waals surface area contributed by atoms with Crippen LogP contribution in [-0.2, 0) is 0 Å². The van der Waals surface area contributed by atoms with Crippen molar-refractivity contribution in [2.24, 2.45) is 0 Å². The fourth-order valence-corrected chi connectivity index (χ4v) is 4.37. The molecule has 0 spiro atoms. The Balaban J connectivity index is 1.33. The maximum Gasteiger partial charge on any atom is 0.254 e. The largest absolute Gasteiger partial charge is 0.336 e. The topological polar surface area (TPSA) is 36.4 Å². The SMILES string of the molecule is O=C(c1cc(-c2ccccc2F)nc2ccccc12)N1CCN(C/C=C/c2ccccc2)CC1. The van der Waals surface area contributed by atoms with Crippen molar-refractivity contribution >= 4 is 22.9 Å². The number of para-hydroxylation sites is 1. The molecule has 2 heterocycles. The predicted octanol–water partition coefficient (Wildman–Crippen LogP) is 5.51. The van der Waals surface area contributed by atoms with Gasteiger partial charge in [0.2, 0.25) is 0 Å². The van der Waals surface area contributed by atoms with Crippen molar-refractivity contribution in [3.63, 3.8) is 0 Å². The molecule has 5 rings (SSSR count). The molecule has 3 aromatic carbocycles. The van der Waals surface area contributed by atoms with E-state index in [1.54, 1.807) is 24.3 Å². The summed E-state index contributed by atoms with van der Waals surface area (Å²) in [5.74, 6) is -0.378. The van der Waals surface area contributed by atoms with Gasteiger partial charge in [0.25, 0.3) is 5.91 Å². The Kier molecular flexibility index (Phi) is 6.45. The van der Waals surface area contributed by atoms with Gasteiger partial charge in [-0.05, 0) is 29.8 Å². The average Bonchev–Trinajstić information content (AvgIpc) is 2.89. The molecule has 1 amide bonds. The van der Waals surface area contributed by atoms with Gasteiger partial charge in [0.15, 0.2) is 0 Å². The van der Waals surface area contributed by atoms with E-state index < -0.39 is 0 Å². The lowest BCUT2D eigenvalue weighted by Gasteiger charge is -2.34. The van der Waals surface area contributed by atoms with Crippen LogP contribution in [0, 0.1) is 5.82 Å². The number of carbonyl (C=O) groups excluding carboxylic acids is 1. The first-order valence-corrected chi connectivity index (χ1v) is 11.6. The van der Waals surface area contributed by atoms with Gasteiger partial charge in [-0.1, -0.05) is 72.8 Å². The highest BCUT2D eigenvalue weighted by Crippen LogP contribution is 2.27. The highest BCUT2D eigenvalue weighted by Gasteiger charge is 2.24. The summed E-state index contributed by atoms with van der Waals surface area (Å²) in [6.07, 6.45) is 4.30. The molecule has 1 saturated heterocycles. The van der Waals surface area contributed by atoms with E-state index in [4.69, 9.17) is 0 Å². The fraction of sp³-hybridized carbons (Fsp3) is 0.172. The minimum absolute atomic E-state index is 0.0318. The Morgan fingerprint density at radius 1 is 0.882 bits per heavy atom. The summed E-state index contributed by atoms with van der Waals surface area (Å²) in [7, 11) is 0. The van der Waals surface area contributed by atoms with Gasteiger partial charge >= 0.3 is 0 Å². The van der Waals surface area contributed by atoms with E-state index >= 15 is 0 Å². The number of amides is 1. The van der Waals surface area contributed by atoms with Crippen LogP contribution in [-0.4, -0.2) is 53.4 Å². The number of nitrogens with zero attached hydrogens (tertiary/aromatic N) is 3. The fourth-order valence-electron chi connectivity index (χ4n) is 4.37. The van der Waals surface area contributed by atoms with Crippen LogP contribution in [0.1, 0.15) is 15.9 Å². The van der Waals surface area contributed by atoms with Crippen LogP contribution in [0.5, 0.6) is 0 Å². The van der Waals surface area contributed by atoms with Crippen molar-refractivity contribution in [1.29, 1.82) is 0 Å². The van der Waals surface area contributed by atoms with Gasteiger partial charge in [-0.15, -0.1) is 0 Å². The molecule has 0 saturated carbocycles. The van der Waals surface area contributed by atoms with Crippen LogP contribution < -0.4 is 0 Å². The van der Waals surface area contributed by atoms with E-state index in [0.717, 1.165) is 25.0 Å². The van der Waals surface area contributed by atoms with Crippen molar-refractivity contribution < 1.29 is 9.18 Å². The van der Waals surface area contributed by atoms with E-state index in [2.05, 4.69) is 34.2 Å². The van der Waals surface area contributed by atoms with Gasteiger partial charge in [0.05, 0.1) is 16.8 Å². The molecular weight excluding hydrogens is 425 g/mol. The van der Waals surface area contributed by atoms with E-state index in [9.17, 15) is 9.18 Å². The third-order valence-corrected chi connectivity index (χ3v) is 6.23. The number of piperazine rings is 1. The Labute approximate surface area is 199 Å². The number of hydrogen-bond donors (Lipinski definition) is 0. The third kappa shape index (κ3) is 4.75. The molecule has 0 unspecified atom stereocenters. The summed E-state index contributed by atoms with van der Waals surface area (Å²) in [4.78, 5) is 22.4. The Hall–Kier alpha value is -3.83. The van der Waals surface area contributed by atoms with Gasteiger partial charge in [-0.25, -0.2) is 9.37 Å². The molecule has 0 atom stereocenters. The molecule has 0 aliphatic carbocycles. The molecule has 5 heteroatoms. The molecule has 170 valence electrons. The molecule has 34 heavy (non-hydrogen) atoms. The first-order valence-electron chi connectivity index (χ1n) is 11.6. The van der Waals surface area contributed by atoms with Gasteiger partial charge < -0.3 is 4.90 Å². The smallest absolute Gasteiger partial charge is 0.254 e. The summed E-state index contributed by atoms with van der Waals surface area (Å²) in [5.41, 5.74) is 3.33. The number of benzene rings is 3. The van der Waals surface area contributed by atoms with E-state index in [1.165, 1.54) is 11.6 Å². The van der Waals surface area contributed by atoms with Crippen molar-refractivity contribution in [2.45, 2.75) is 0 Å². The monoisotopic (exact) mass is 451 g/mol. The summed E-state index contributed by atoms with van der Waals surface area (Å²) in [6, 6.07) is 26.1. The second-order valence-electron chi connectivity index (χ2n) is 8.46. The van der Waals surface area contributed by atoms with Gasteiger partial charge in [0.1, 0.15) is 5.82 Å². The Morgan fingerprint density at radius 3 is 2.38 bits per heavy atom. The number of aromatic nitrogens is 1. The highest BCUT2D eigenvalue weighted by molar-refractivity contribution is 6.07. The third-order valence-electron chi connectivity index (χ3n) is 6.23. The number of carbonyl (C=O) groups is 1. The van der Waals surface area contributed by atoms with Gasteiger partial charge in [0, 0.05) is 43.7 Å². The van der Waals surface area contributed by atoms with Crippen LogP contribution in [0.4, 0.5) is 4.39 Å². The highest BCUT2D eigenvalue weighted by atomic mass is 19.1. The molecule has 4 nitrogen and oxygen atoms in total. The minimum Gasteiger partial charge on any atom is -0.336 e. The standard InChI is InChI=1S/C29H26FN3O/c30-26-14-6-4-13-24(26)28-21-25(23-12-5-7-15-27(23)31-28)29(34)33-19-17-32(18-20-33)16-8-11-22-9-2-1-3-10-22/h1-15,21H,16-20H2/b11-8+. The maximum atomic E-state index is 14.5. The Bertz CT molecular complexity index is 1330. The van der Waals surface area contributed by atoms with Crippen molar-refractivity contribution in [1.82, 2.24) is 14.8 Å². The second-order valence-corrected chi connectivity index (χ2v) is 8.46. The predicted molar refractivity (Wildman–Crippen MR) is 135 cm³/mol. The number of pyridine rings is 1. The minimum atomic E-state index is -0.346. The van der Waals surface area contributed by atoms with E-state index in [0.29, 0.717) is 35.4 Å². The van der Waals surface area contributed by atoms with Crippen molar-refractivity contribution in [3.05, 3.63) is 108 Å². The second kappa shape index (κ2) is 9.98. The molecule has 0 radical (unpaired) electrons. The first kappa shape index (κ1) is 22.0. The summed E-state index contributed by atoms with van der Waals surface area (Å²) < 4.78 is 14.5. The number of rotatable bonds is 5. The van der Waals surface area contributed by atoms with Crippen LogP contribution >= 0.6 is 0 Å². The molecule has 1 fully saturated rings.